The molecule has 0 fully saturated rings. The summed E-state index contributed by atoms with van der Waals surface area (Å²) in [6.45, 7) is 4.99. The van der Waals surface area contributed by atoms with Crippen LogP contribution in [0.1, 0.15) is 37.0 Å². The molecule has 10 heteroatoms. The topological polar surface area (TPSA) is 86.8 Å². The van der Waals surface area contributed by atoms with Gasteiger partial charge in [-0.25, -0.2) is 12.8 Å². The van der Waals surface area contributed by atoms with Gasteiger partial charge in [-0.05, 0) is 73.9 Å². The zero-order chi connectivity index (χ0) is 32.6. The van der Waals surface area contributed by atoms with Gasteiger partial charge in [-0.1, -0.05) is 84.8 Å². The van der Waals surface area contributed by atoms with E-state index in [-0.39, 0.29) is 35.5 Å². The number of hydrogen-bond donors (Lipinski definition) is 1. The van der Waals surface area contributed by atoms with Crippen LogP contribution < -0.4 is 9.62 Å². The first-order valence-corrected chi connectivity index (χ1v) is 16.5. The molecule has 0 heterocycles. The maximum Gasteiger partial charge on any atom is 0.264 e. The molecule has 0 aliphatic rings. The van der Waals surface area contributed by atoms with Crippen molar-refractivity contribution in [3.63, 3.8) is 0 Å². The quantitative estimate of drug-likeness (QED) is 0.178. The van der Waals surface area contributed by atoms with E-state index in [1.807, 2.05) is 51.1 Å². The molecule has 45 heavy (non-hydrogen) atoms. The van der Waals surface area contributed by atoms with Crippen molar-refractivity contribution in [1.82, 2.24) is 10.2 Å². The van der Waals surface area contributed by atoms with Crippen molar-refractivity contribution < 1.29 is 22.4 Å². The Balaban J connectivity index is 1.80. The lowest BCUT2D eigenvalue weighted by Crippen LogP contribution is -2.54. The molecule has 4 aromatic carbocycles. The normalized spacial score (nSPS) is 12.6. The molecular formula is C35H37ClFN3O4S. The van der Waals surface area contributed by atoms with Crippen LogP contribution in [0.5, 0.6) is 0 Å². The van der Waals surface area contributed by atoms with Gasteiger partial charge in [0, 0.05) is 24.0 Å². The predicted octanol–water partition coefficient (Wildman–Crippen LogP) is 6.54. The molecule has 2 atom stereocenters. The number of halogens is 2. The molecule has 2 amide bonds. The predicted molar refractivity (Wildman–Crippen MR) is 176 cm³/mol. The standard InChI is InChI=1S/C35H37ClFN3O4S/c1-4-26(3)38-35(42)33(21-27-9-6-5-7-10-27)39(23-28-15-17-30(37)18-16-28)34(41)24-40(31-12-8-11-29(36)22-31)45(43,44)32-19-13-25(2)14-20-32/h5-20,22,26,33H,4,21,23-24H2,1-3H3,(H,38,42)/t26-,33+/m1/s1. The van der Waals surface area contributed by atoms with Crippen molar-refractivity contribution in [2.75, 3.05) is 10.8 Å². The lowest BCUT2D eigenvalue weighted by Gasteiger charge is -2.34. The summed E-state index contributed by atoms with van der Waals surface area (Å²) >= 11 is 6.27. The van der Waals surface area contributed by atoms with Gasteiger partial charge in [-0.2, -0.15) is 0 Å². The number of amides is 2. The van der Waals surface area contributed by atoms with E-state index in [4.69, 9.17) is 11.6 Å². The molecule has 4 rings (SSSR count). The van der Waals surface area contributed by atoms with E-state index in [9.17, 15) is 22.4 Å². The van der Waals surface area contributed by atoms with Gasteiger partial charge in [0.05, 0.1) is 10.6 Å². The zero-order valence-electron chi connectivity index (χ0n) is 25.5. The highest BCUT2D eigenvalue weighted by molar-refractivity contribution is 7.92. The van der Waals surface area contributed by atoms with Gasteiger partial charge < -0.3 is 10.2 Å². The van der Waals surface area contributed by atoms with E-state index in [1.54, 1.807) is 42.5 Å². The Kier molecular flexibility index (Phi) is 11.4. The van der Waals surface area contributed by atoms with Gasteiger partial charge in [0.2, 0.25) is 11.8 Å². The number of anilines is 1. The van der Waals surface area contributed by atoms with Crippen LogP contribution in [0.3, 0.4) is 0 Å². The maximum absolute atomic E-state index is 14.4. The third kappa shape index (κ3) is 8.93. The monoisotopic (exact) mass is 649 g/mol. The number of sulfonamides is 1. The van der Waals surface area contributed by atoms with Crippen LogP contribution in [0.15, 0.2) is 108 Å². The molecule has 0 saturated heterocycles. The minimum absolute atomic E-state index is 0.00121. The van der Waals surface area contributed by atoms with Crippen molar-refractivity contribution in [3.8, 4) is 0 Å². The number of carbonyl (C=O) groups excluding carboxylic acids is 2. The molecular weight excluding hydrogens is 613 g/mol. The summed E-state index contributed by atoms with van der Waals surface area (Å²) in [6, 6.07) is 26.4. The summed E-state index contributed by atoms with van der Waals surface area (Å²) < 4.78 is 43.0. The fourth-order valence-corrected chi connectivity index (χ4v) is 6.37. The van der Waals surface area contributed by atoms with E-state index >= 15 is 0 Å². The molecule has 0 bridgehead atoms. The highest BCUT2D eigenvalue weighted by Gasteiger charge is 2.35. The molecule has 4 aromatic rings. The minimum atomic E-state index is -4.25. The summed E-state index contributed by atoms with van der Waals surface area (Å²) in [6.07, 6.45) is 0.852. The van der Waals surface area contributed by atoms with Gasteiger partial charge >= 0.3 is 0 Å². The molecule has 0 saturated carbocycles. The molecule has 0 aliphatic heterocycles. The lowest BCUT2D eigenvalue weighted by molar-refractivity contribution is -0.140. The van der Waals surface area contributed by atoms with Gasteiger partial charge in [0.1, 0.15) is 18.4 Å². The molecule has 0 aromatic heterocycles. The average Bonchev–Trinajstić information content (AvgIpc) is 3.02. The largest absolute Gasteiger partial charge is 0.352 e. The summed E-state index contributed by atoms with van der Waals surface area (Å²) in [4.78, 5) is 29.7. The van der Waals surface area contributed by atoms with Crippen LogP contribution in [-0.4, -0.2) is 43.8 Å². The first-order valence-electron chi connectivity index (χ1n) is 14.7. The first-order chi connectivity index (χ1) is 21.5. The van der Waals surface area contributed by atoms with Gasteiger partial charge in [-0.15, -0.1) is 0 Å². The SMILES string of the molecule is CC[C@@H](C)NC(=O)[C@H](Cc1ccccc1)N(Cc1ccc(F)cc1)C(=O)CN(c1cccc(Cl)c1)S(=O)(=O)c1ccc(C)cc1. The number of carbonyl (C=O) groups is 2. The Morgan fingerprint density at radius 2 is 1.56 bits per heavy atom. The highest BCUT2D eigenvalue weighted by atomic mass is 35.5. The number of nitrogens with zero attached hydrogens (tertiary/aromatic N) is 2. The Morgan fingerprint density at radius 3 is 2.18 bits per heavy atom. The molecule has 0 unspecified atom stereocenters. The van der Waals surface area contributed by atoms with Gasteiger partial charge in [-0.3, -0.25) is 13.9 Å². The second-order valence-corrected chi connectivity index (χ2v) is 13.3. The minimum Gasteiger partial charge on any atom is -0.352 e. The van der Waals surface area contributed by atoms with Crippen LogP contribution >= 0.6 is 11.6 Å². The smallest absolute Gasteiger partial charge is 0.264 e. The molecule has 7 nitrogen and oxygen atoms in total. The van der Waals surface area contributed by atoms with E-state index in [2.05, 4.69) is 5.32 Å². The maximum atomic E-state index is 14.4. The third-order valence-corrected chi connectivity index (χ3v) is 9.55. The summed E-state index contributed by atoms with van der Waals surface area (Å²) in [5.74, 6) is -1.43. The van der Waals surface area contributed by atoms with Crippen molar-refractivity contribution in [2.24, 2.45) is 0 Å². The molecule has 0 aliphatic carbocycles. The first kappa shape index (κ1) is 33.7. The Hall–Kier alpha value is -4.21. The fourth-order valence-electron chi connectivity index (χ4n) is 4.78. The van der Waals surface area contributed by atoms with Crippen LogP contribution in [0.25, 0.3) is 0 Å². The van der Waals surface area contributed by atoms with Crippen LogP contribution in [-0.2, 0) is 32.6 Å². The number of rotatable bonds is 13. The molecule has 1 N–H and O–H groups in total. The average molecular weight is 650 g/mol. The van der Waals surface area contributed by atoms with Crippen molar-refractivity contribution in [3.05, 3.63) is 131 Å². The fraction of sp³-hybridized carbons (Fsp3) is 0.257. The van der Waals surface area contributed by atoms with Crippen LogP contribution in [0.4, 0.5) is 10.1 Å². The van der Waals surface area contributed by atoms with Crippen LogP contribution in [0.2, 0.25) is 5.02 Å². The Morgan fingerprint density at radius 1 is 0.889 bits per heavy atom. The highest BCUT2D eigenvalue weighted by Crippen LogP contribution is 2.27. The van der Waals surface area contributed by atoms with Crippen molar-refractivity contribution in [2.45, 2.75) is 57.1 Å². The lowest BCUT2D eigenvalue weighted by atomic mass is 10.0. The molecule has 0 radical (unpaired) electrons. The Labute approximate surface area is 269 Å². The van der Waals surface area contributed by atoms with Crippen LogP contribution in [0, 0.1) is 12.7 Å². The number of benzene rings is 4. The summed E-state index contributed by atoms with van der Waals surface area (Å²) in [5.41, 5.74) is 2.47. The molecule has 236 valence electrons. The third-order valence-electron chi connectivity index (χ3n) is 7.52. The number of nitrogens with one attached hydrogen (secondary N) is 1. The van der Waals surface area contributed by atoms with E-state index < -0.39 is 34.3 Å². The number of aryl methyl sites for hydroxylation is 1. The van der Waals surface area contributed by atoms with E-state index in [1.165, 1.54) is 35.2 Å². The summed E-state index contributed by atoms with van der Waals surface area (Å²) in [5, 5.41) is 3.29. The van der Waals surface area contributed by atoms with Crippen molar-refractivity contribution in [1.29, 1.82) is 0 Å². The van der Waals surface area contributed by atoms with Crippen molar-refractivity contribution >= 4 is 39.1 Å². The van der Waals surface area contributed by atoms with E-state index in [0.717, 1.165) is 15.4 Å². The van der Waals surface area contributed by atoms with Gasteiger partial charge in [0.15, 0.2) is 0 Å². The molecule has 0 spiro atoms. The van der Waals surface area contributed by atoms with Gasteiger partial charge in [0.25, 0.3) is 10.0 Å². The van der Waals surface area contributed by atoms with E-state index in [0.29, 0.717) is 17.0 Å². The Bertz CT molecular complexity index is 1700. The second-order valence-electron chi connectivity index (χ2n) is 11.0. The second kappa shape index (κ2) is 15.2. The zero-order valence-corrected chi connectivity index (χ0v) is 27.1. The number of hydrogen-bond acceptors (Lipinski definition) is 4. The summed E-state index contributed by atoms with van der Waals surface area (Å²) in [7, 11) is -4.25.